The third-order valence-corrected chi connectivity index (χ3v) is 7.29. The Balaban J connectivity index is 1.57. The smallest absolute Gasteiger partial charge is 0.261 e. The molecule has 0 aliphatic carbocycles. The van der Waals surface area contributed by atoms with E-state index in [4.69, 9.17) is 0 Å². The molecule has 2 atom stereocenters. The maximum atomic E-state index is 13.2. The van der Waals surface area contributed by atoms with Crippen LogP contribution < -0.4 is 10.6 Å². The van der Waals surface area contributed by atoms with Crippen LogP contribution >= 0.6 is 11.8 Å². The average Bonchev–Trinajstić information content (AvgIpc) is 3.12. The molecular weight excluding hydrogens is 502 g/mol. The van der Waals surface area contributed by atoms with Crippen molar-refractivity contribution in [2.75, 3.05) is 13.1 Å². The number of hydrogen-bond acceptors (Lipinski definition) is 6. The van der Waals surface area contributed by atoms with E-state index in [1.807, 2.05) is 44.2 Å². The number of benzene rings is 2. The van der Waals surface area contributed by atoms with E-state index in [0.29, 0.717) is 36.9 Å². The number of hydrogen-bond donors (Lipinski definition) is 2. The van der Waals surface area contributed by atoms with Crippen LogP contribution in [-0.4, -0.2) is 58.0 Å². The molecule has 202 valence electrons. The molecule has 0 radical (unpaired) electrons. The molecule has 1 aliphatic heterocycles. The Morgan fingerprint density at radius 3 is 2.08 bits per heavy atom. The van der Waals surface area contributed by atoms with Crippen molar-refractivity contribution in [1.82, 2.24) is 15.5 Å². The summed E-state index contributed by atoms with van der Waals surface area (Å²) >= 11 is 0.896. The fourth-order valence-corrected chi connectivity index (χ4v) is 5.25. The molecular formula is C29H35N3O5S. The van der Waals surface area contributed by atoms with Gasteiger partial charge in [-0.1, -0.05) is 68.1 Å². The summed E-state index contributed by atoms with van der Waals surface area (Å²) in [5.41, 5.74) is 1.85. The minimum atomic E-state index is -0.741. The van der Waals surface area contributed by atoms with Gasteiger partial charge < -0.3 is 10.6 Å². The van der Waals surface area contributed by atoms with Gasteiger partial charge in [0.15, 0.2) is 5.12 Å². The van der Waals surface area contributed by atoms with E-state index in [-0.39, 0.29) is 41.7 Å². The molecule has 0 spiro atoms. The molecule has 1 unspecified atom stereocenters. The predicted molar refractivity (Wildman–Crippen MR) is 148 cm³/mol. The Labute approximate surface area is 227 Å². The van der Waals surface area contributed by atoms with Crippen LogP contribution in [0.25, 0.3) is 0 Å². The summed E-state index contributed by atoms with van der Waals surface area (Å²) in [5, 5.41) is 4.79. The zero-order valence-electron chi connectivity index (χ0n) is 22.1. The van der Waals surface area contributed by atoms with Crippen molar-refractivity contribution in [3.63, 3.8) is 0 Å². The van der Waals surface area contributed by atoms with E-state index in [1.165, 1.54) is 11.8 Å². The maximum Gasteiger partial charge on any atom is 0.261 e. The first-order valence-electron chi connectivity index (χ1n) is 12.9. The van der Waals surface area contributed by atoms with Crippen LogP contribution in [0, 0.1) is 5.92 Å². The first-order valence-corrected chi connectivity index (χ1v) is 13.8. The van der Waals surface area contributed by atoms with Crippen molar-refractivity contribution in [2.45, 2.75) is 57.7 Å². The standard InChI is InChI=1S/C29H35N3O5S/c1-19(2)18-24(26(34)30-16-15-21-10-5-4-6-11-21)31-27(35)25(38-20(3)33)14-9-17-32-28(36)22-12-7-8-13-23(22)29(32)37/h4-8,10-13,19,24-25H,9,14-18H2,1-3H3,(H,30,34)(H,31,35)/t24-,25?/m0/s1. The lowest BCUT2D eigenvalue weighted by Crippen LogP contribution is -2.50. The molecule has 2 aromatic rings. The van der Waals surface area contributed by atoms with Crippen molar-refractivity contribution < 1.29 is 24.0 Å². The fraction of sp³-hybridized carbons (Fsp3) is 0.414. The van der Waals surface area contributed by atoms with Gasteiger partial charge in [0.2, 0.25) is 11.8 Å². The molecule has 0 bridgehead atoms. The number of carbonyl (C=O) groups excluding carboxylic acids is 5. The Bertz CT molecular complexity index is 1130. The number of nitrogens with zero attached hydrogens (tertiary/aromatic N) is 1. The van der Waals surface area contributed by atoms with Gasteiger partial charge in [0.05, 0.1) is 16.4 Å². The van der Waals surface area contributed by atoms with Crippen molar-refractivity contribution in [1.29, 1.82) is 0 Å². The van der Waals surface area contributed by atoms with Crippen LogP contribution in [0.5, 0.6) is 0 Å². The van der Waals surface area contributed by atoms with Gasteiger partial charge in [0.25, 0.3) is 11.8 Å². The molecule has 38 heavy (non-hydrogen) atoms. The van der Waals surface area contributed by atoms with Crippen LogP contribution in [0.3, 0.4) is 0 Å². The van der Waals surface area contributed by atoms with Crippen LogP contribution in [-0.2, 0) is 20.8 Å². The van der Waals surface area contributed by atoms with Crippen LogP contribution in [0.15, 0.2) is 54.6 Å². The molecule has 8 nitrogen and oxygen atoms in total. The largest absolute Gasteiger partial charge is 0.354 e. The SMILES string of the molecule is CC(=O)SC(CCCN1C(=O)c2ccccc2C1=O)C(=O)N[C@@H](CC(C)C)C(=O)NCCc1ccccc1. The lowest BCUT2D eigenvalue weighted by Gasteiger charge is -2.23. The van der Waals surface area contributed by atoms with Gasteiger partial charge in [-0.2, -0.15) is 0 Å². The van der Waals surface area contributed by atoms with E-state index in [9.17, 15) is 24.0 Å². The van der Waals surface area contributed by atoms with Crippen LogP contribution in [0.4, 0.5) is 0 Å². The maximum absolute atomic E-state index is 13.2. The number of thioether (sulfide) groups is 1. The number of rotatable bonds is 13. The summed E-state index contributed by atoms with van der Waals surface area (Å²) < 4.78 is 0. The number of amides is 4. The Morgan fingerprint density at radius 1 is 0.895 bits per heavy atom. The van der Waals surface area contributed by atoms with Gasteiger partial charge >= 0.3 is 0 Å². The molecule has 1 heterocycles. The Hall–Kier alpha value is -3.46. The second kappa shape index (κ2) is 13.9. The van der Waals surface area contributed by atoms with E-state index in [0.717, 1.165) is 17.3 Å². The van der Waals surface area contributed by atoms with E-state index < -0.39 is 17.2 Å². The second-order valence-corrected chi connectivity index (χ2v) is 11.1. The second-order valence-electron chi connectivity index (χ2n) is 9.77. The van der Waals surface area contributed by atoms with Crippen molar-refractivity contribution in [3.8, 4) is 0 Å². The molecule has 0 fully saturated rings. The number of imide groups is 1. The fourth-order valence-electron chi connectivity index (χ4n) is 4.39. The average molecular weight is 538 g/mol. The van der Waals surface area contributed by atoms with Gasteiger partial charge in [-0.05, 0) is 49.3 Å². The lowest BCUT2D eigenvalue weighted by atomic mass is 10.0. The minimum absolute atomic E-state index is 0.143. The zero-order chi connectivity index (χ0) is 27.7. The summed E-state index contributed by atoms with van der Waals surface area (Å²) in [6, 6.07) is 15.7. The molecule has 0 saturated heterocycles. The van der Waals surface area contributed by atoms with Gasteiger partial charge in [0.1, 0.15) is 6.04 Å². The third kappa shape index (κ3) is 8.02. The molecule has 4 amide bonds. The third-order valence-electron chi connectivity index (χ3n) is 6.22. The molecule has 1 aliphatic rings. The number of nitrogens with one attached hydrogen (secondary N) is 2. The summed E-state index contributed by atoms with van der Waals surface area (Å²) in [5.74, 6) is -1.21. The van der Waals surface area contributed by atoms with Crippen molar-refractivity contribution in [3.05, 3.63) is 71.3 Å². The highest BCUT2D eigenvalue weighted by molar-refractivity contribution is 8.14. The van der Waals surface area contributed by atoms with Gasteiger partial charge in [-0.25, -0.2) is 0 Å². The predicted octanol–water partition coefficient (Wildman–Crippen LogP) is 3.60. The molecule has 0 aromatic heterocycles. The topological polar surface area (TPSA) is 113 Å². The molecule has 2 N–H and O–H groups in total. The molecule has 9 heteroatoms. The molecule has 0 saturated carbocycles. The summed E-state index contributed by atoms with van der Waals surface area (Å²) in [7, 11) is 0. The summed E-state index contributed by atoms with van der Waals surface area (Å²) in [6.45, 7) is 5.92. The zero-order valence-corrected chi connectivity index (χ0v) is 22.9. The first kappa shape index (κ1) is 29.1. The number of carbonyl (C=O) groups is 5. The van der Waals surface area contributed by atoms with Crippen LogP contribution in [0.1, 0.15) is 66.3 Å². The van der Waals surface area contributed by atoms with E-state index >= 15 is 0 Å². The minimum Gasteiger partial charge on any atom is -0.354 e. The highest BCUT2D eigenvalue weighted by Crippen LogP contribution is 2.24. The molecule has 3 rings (SSSR count). The molecule has 2 aromatic carbocycles. The van der Waals surface area contributed by atoms with E-state index in [2.05, 4.69) is 10.6 Å². The Morgan fingerprint density at radius 2 is 1.50 bits per heavy atom. The summed E-state index contributed by atoms with van der Waals surface area (Å²) in [6.07, 6.45) is 1.75. The van der Waals surface area contributed by atoms with E-state index in [1.54, 1.807) is 24.3 Å². The van der Waals surface area contributed by atoms with Crippen molar-refractivity contribution >= 4 is 40.5 Å². The Kier molecular flexibility index (Phi) is 10.6. The highest BCUT2D eigenvalue weighted by atomic mass is 32.2. The quantitative estimate of drug-likeness (QED) is 0.378. The number of fused-ring (bicyclic) bond motifs is 1. The van der Waals surface area contributed by atoms with Gasteiger partial charge in [-0.3, -0.25) is 28.9 Å². The van der Waals surface area contributed by atoms with Gasteiger partial charge in [-0.15, -0.1) is 0 Å². The normalized spacial score (nSPS) is 14.3. The van der Waals surface area contributed by atoms with Crippen LogP contribution in [0.2, 0.25) is 0 Å². The monoisotopic (exact) mass is 537 g/mol. The van der Waals surface area contributed by atoms with Gasteiger partial charge in [0, 0.05) is 20.0 Å². The van der Waals surface area contributed by atoms with Crippen molar-refractivity contribution in [2.24, 2.45) is 5.92 Å². The lowest BCUT2D eigenvalue weighted by molar-refractivity contribution is -0.129. The first-order chi connectivity index (χ1) is 18.2. The highest BCUT2D eigenvalue weighted by Gasteiger charge is 2.35. The summed E-state index contributed by atoms with van der Waals surface area (Å²) in [4.78, 5) is 64.4.